The molecule has 0 aromatic heterocycles. The number of benzene rings is 2. The molecule has 2 aromatic rings. The monoisotopic (exact) mass is 365 g/mol. The fraction of sp³-hybridized carbons (Fsp3) is 0.286. The Morgan fingerprint density at radius 1 is 1.04 bits per heavy atom. The van der Waals surface area contributed by atoms with Crippen LogP contribution in [0.5, 0.6) is 0 Å². The van der Waals surface area contributed by atoms with Gasteiger partial charge in [0.05, 0.1) is 0 Å². The highest BCUT2D eigenvalue weighted by Gasteiger charge is 2.44. The summed E-state index contributed by atoms with van der Waals surface area (Å²) in [4.78, 5) is 41.9. The van der Waals surface area contributed by atoms with E-state index in [1.54, 1.807) is 31.0 Å². The fourth-order valence-corrected chi connectivity index (χ4v) is 3.18. The lowest BCUT2D eigenvalue weighted by atomic mass is 10.1. The van der Waals surface area contributed by atoms with Gasteiger partial charge in [-0.05, 0) is 37.1 Å². The minimum absolute atomic E-state index is 0.256. The fourth-order valence-electron chi connectivity index (χ4n) is 3.18. The summed E-state index contributed by atoms with van der Waals surface area (Å²) in [5, 5.41) is 0. The van der Waals surface area contributed by atoms with Gasteiger partial charge >= 0.3 is 6.03 Å². The maximum Gasteiger partial charge on any atom is 0.332 e. The summed E-state index contributed by atoms with van der Waals surface area (Å²) in [5.41, 5.74) is 2.77. The zero-order chi connectivity index (χ0) is 19.6. The Hall–Kier alpha value is -3.15. The average molecular weight is 365 g/mol. The number of para-hydroxylation sites is 1. The van der Waals surface area contributed by atoms with E-state index in [1.807, 2.05) is 49.4 Å². The second kappa shape index (κ2) is 7.61. The molecule has 0 aliphatic carbocycles. The molecule has 0 bridgehead atoms. The SMILES string of the molecule is Cc1ccccc1CN(C)C(=O)CN1C(=O)[C@H](C)N(c2ccccc2)C1=O. The van der Waals surface area contributed by atoms with E-state index in [4.69, 9.17) is 0 Å². The van der Waals surface area contributed by atoms with Gasteiger partial charge in [0.2, 0.25) is 5.91 Å². The van der Waals surface area contributed by atoms with E-state index in [2.05, 4.69) is 0 Å². The molecule has 0 radical (unpaired) electrons. The molecule has 0 saturated carbocycles. The molecule has 3 rings (SSSR count). The van der Waals surface area contributed by atoms with Gasteiger partial charge in [-0.3, -0.25) is 19.4 Å². The summed E-state index contributed by atoms with van der Waals surface area (Å²) in [6.45, 7) is 3.84. The van der Waals surface area contributed by atoms with Gasteiger partial charge in [0.1, 0.15) is 12.6 Å². The van der Waals surface area contributed by atoms with Gasteiger partial charge in [-0.25, -0.2) is 4.79 Å². The molecule has 1 aliphatic rings. The van der Waals surface area contributed by atoms with Crippen LogP contribution in [0, 0.1) is 6.92 Å². The number of carbonyl (C=O) groups is 3. The van der Waals surface area contributed by atoms with Crippen LogP contribution in [-0.4, -0.2) is 47.3 Å². The van der Waals surface area contributed by atoms with E-state index in [0.717, 1.165) is 16.0 Å². The van der Waals surface area contributed by atoms with Crippen LogP contribution in [0.1, 0.15) is 18.1 Å². The normalized spacial score (nSPS) is 16.8. The topological polar surface area (TPSA) is 60.9 Å². The number of nitrogens with zero attached hydrogens (tertiary/aromatic N) is 3. The first kappa shape index (κ1) is 18.6. The summed E-state index contributed by atoms with van der Waals surface area (Å²) in [7, 11) is 1.68. The zero-order valence-corrected chi connectivity index (χ0v) is 15.8. The molecular formula is C21H23N3O3. The van der Waals surface area contributed by atoms with Gasteiger partial charge in [-0.2, -0.15) is 0 Å². The first-order chi connectivity index (χ1) is 12.9. The summed E-state index contributed by atoms with van der Waals surface area (Å²) in [6.07, 6.45) is 0. The van der Waals surface area contributed by atoms with Gasteiger partial charge in [-0.15, -0.1) is 0 Å². The van der Waals surface area contributed by atoms with E-state index in [1.165, 1.54) is 4.90 Å². The van der Waals surface area contributed by atoms with Crippen LogP contribution in [0.15, 0.2) is 54.6 Å². The number of amides is 4. The van der Waals surface area contributed by atoms with Crippen LogP contribution in [0.4, 0.5) is 10.5 Å². The molecule has 1 heterocycles. The van der Waals surface area contributed by atoms with E-state index in [0.29, 0.717) is 12.2 Å². The predicted octanol–water partition coefficient (Wildman–Crippen LogP) is 2.81. The smallest absolute Gasteiger partial charge is 0.332 e. The highest BCUT2D eigenvalue weighted by molar-refractivity contribution is 6.15. The second-order valence-electron chi connectivity index (χ2n) is 6.76. The molecule has 1 atom stereocenters. The molecule has 6 heteroatoms. The van der Waals surface area contributed by atoms with E-state index >= 15 is 0 Å². The maximum atomic E-state index is 12.8. The van der Waals surface area contributed by atoms with Crippen LogP contribution < -0.4 is 4.90 Å². The Morgan fingerprint density at radius 2 is 1.67 bits per heavy atom. The van der Waals surface area contributed by atoms with Crippen molar-refractivity contribution in [2.45, 2.75) is 26.4 Å². The largest absolute Gasteiger partial charge is 0.340 e. The van der Waals surface area contributed by atoms with Crippen LogP contribution in [0.3, 0.4) is 0 Å². The molecule has 2 aromatic carbocycles. The summed E-state index contributed by atoms with van der Waals surface area (Å²) in [6, 6.07) is 15.7. The highest BCUT2D eigenvalue weighted by atomic mass is 16.2. The summed E-state index contributed by atoms with van der Waals surface area (Å²) >= 11 is 0. The lowest BCUT2D eigenvalue weighted by Gasteiger charge is -2.22. The number of likely N-dealkylation sites (N-methyl/N-ethyl adjacent to an activating group) is 1. The molecule has 0 unspecified atom stereocenters. The second-order valence-corrected chi connectivity index (χ2v) is 6.76. The maximum absolute atomic E-state index is 12.8. The molecule has 1 aliphatic heterocycles. The van der Waals surface area contributed by atoms with Gasteiger partial charge in [0, 0.05) is 19.3 Å². The molecule has 1 fully saturated rings. The highest BCUT2D eigenvalue weighted by Crippen LogP contribution is 2.25. The third kappa shape index (κ3) is 3.69. The number of hydrogen-bond acceptors (Lipinski definition) is 3. The minimum Gasteiger partial charge on any atom is -0.340 e. The number of carbonyl (C=O) groups excluding carboxylic acids is 3. The number of rotatable bonds is 5. The number of anilines is 1. The van der Waals surface area contributed by atoms with Crippen molar-refractivity contribution in [1.82, 2.24) is 9.80 Å². The minimum atomic E-state index is -0.630. The van der Waals surface area contributed by atoms with Gasteiger partial charge in [-0.1, -0.05) is 42.5 Å². The van der Waals surface area contributed by atoms with Crippen molar-refractivity contribution in [3.63, 3.8) is 0 Å². The molecule has 27 heavy (non-hydrogen) atoms. The van der Waals surface area contributed by atoms with Gasteiger partial charge < -0.3 is 4.90 Å². The van der Waals surface area contributed by atoms with Crippen molar-refractivity contribution in [3.05, 3.63) is 65.7 Å². The average Bonchev–Trinajstić information content (AvgIpc) is 2.87. The van der Waals surface area contributed by atoms with E-state index < -0.39 is 12.1 Å². The summed E-state index contributed by atoms with van der Waals surface area (Å²) in [5.74, 6) is -0.636. The summed E-state index contributed by atoms with van der Waals surface area (Å²) < 4.78 is 0. The van der Waals surface area contributed by atoms with Gasteiger partial charge in [0.25, 0.3) is 5.91 Å². The van der Waals surface area contributed by atoms with Crippen LogP contribution >= 0.6 is 0 Å². The lowest BCUT2D eigenvalue weighted by Crippen LogP contribution is -2.42. The Labute approximate surface area is 159 Å². The molecule has 140 valence electrons. The molecular weight excluding hydrogens is 342 g/mol. The molecule has 4 amide bonds. The van der Waals surface area contributed by atoms with E-state index in [9.17, 15) is 14.4 Å². The van der Waals surface area contributed by atoms with Crippen LogP contribution in [0.2, 0.25) is 0 Å². The van der Waals surface area contributed by atoms with Crippen LogP contribution in [-0.2, 0) is 16.1 Å². The Bertz CT molecular complexity index is 866. The molecule has 0 N–H and O–H groups in total. The number of aryl methyl sites for hydroxylation is 1. The Kier molecular flexibility index (Phi) is 5.26. The van der Waals surface area contributed by atoms with Crippen molar-refractivity contribution >= 4 is 23.5 Å². The Balaban J connectivity index is 1.71. The number of urea groups is 1. The third-order valence-electron chi connectivity index (χ3n) is 4.87. The van der Waals surface area contributed by atoms with E-state index in [-0.39, 0.29) is 18.4 Å². The quantitative estimate of drug-likeness (QED) is 0.766. The standard InChI is InChI=1S/C21H23N3O3/c1-15-9-7-8-10-17(15)13-22(3)19(25)14-23-20(26)16(2)24(21(23)27)18-11-5-4-6-12-18/h4-12,16H,13-14H2,1-3H3/t16-/m0/s1. The number of hydrogen-bond donors (Lipinski definition) is 0. The Morgan fingerprint density at radius 3 is 2.33 bits per heavy atom. The third-order valence-corrected chi connectivity index (χ3v) is 4.87. The lowest BCUT2D eigenvalue weighted by molar-refractivity contribution is -0.136. The van der Waals surface area contributed by atoms with Crippen molar-refractivity contribution in [2.75, 3.05) is 18.5 Å². The number of imide groups is 1. The first-order valence-corrected chi connectivity index (χ1v) is 8.88. The van der Waals surface area contributed by atoms with Crippen LogP contribution in [0.25, 0.3) is 0 Å². The predicted molar refractivity (Wildman–Crippen MR) is 103 cm³/mol. The molecule has 6 nitrogen and oxygen atoms in total. The first-order valence-electron chi connectivity index (χ1n) is 8.88. The molecule has 0 spiro atoms. The van der Waals surface area contributed by atoms with Crippen molar-refractivity contribution in [2.24, 2.45) is 0 Å². The van der Waals surface area contributed by atoms with Crippen molar-refractivity contribution in [1.29, 1.82) is 0 Å². The van der Waals surface area contributed by atoms with Crippen molar-refractivity contribution < 1.29 is 14.4 Å². The van der Waals surface area contributed by atoms with Gasteiger partial charge in [0.15, 0.2) is 0 Å². The molecule has 1 saturated heterocycles. The van der Waals surface area contributed by atoms with Crippen molar-refractivity contribution in [3.8, 4) is 0 Å². The zero-order valence-electron chi connectivity index (χ0n) is 15.8.